The molecule has 0 bridgehead atoms. The molecule has 2 aromatic rings. The first-order valence-electron chi connectivity index (χ1n) is 8.61. The van der Waals surface area contributed by atoms with Crippen LogP contribution in [0.15, 0.2) is 47.4 Å². The molecule has 0 amide bonds. The molecule has 2 rings (SSSR count). The Morgan fingerprint density at radius 1 is 1.21 bits per heavy atom. The summed E-state index contributed by atoms with van der Waals surface area (Å²) in [6.45, 7) is 5.05. The molecule has 0 saturated carbocycles. The summed E-state index contributed by atoms with van der Waals surface area (Å²) in [4.78, 5) is 22.4. The van der Waals surface area contributed by atoms with Crippen LogP contribution in [0.25, 0.3) is 0 Å². The average molecular weight is 406 g/mol. The second kappa shape index (κ2) is 8.94. The Hall–Kier alpha value is -2.78. The van der Waals surface area contributed by atoms with Crippen molar-refractivity contribution in [1.82, 2.24) is 4.72 Å². The van der Waals surface area contributed by atoms with Gasteiger partial charge in [-0.15, -0.1) is 0 Å². The lowest BCUT2D eigenvalue weighted by Crippen LogP contribution is -2.27. The van der Waals surface area contributed by atoms with Gasteiger partial charge in [-0.05, 0) is 38.0 Å². The van der Waals surface area contributed by atoms with Crippen molar-refractivity contribution in [2.75, 3.05) is 6.54 Å². The van der Waals surface area contributed by atoms with E-state index in [0.29, 0.717) is 11.1 Å². The summed E-state index contributed by atoms with van der Waals surface area (Å²) in [6, 6.07) is 10.8. The zero-order valence-electron chi connectivity index (χ0n) is 15.8. The van der Waals surface area contributed by atoms with Gasteiger partial charge in [0.1, 0.15) is 6.10 Å². The summed E-state index contributed by atoms with van der Waals surface area (Å²) >= 11 is 0. The van der Waals surface area contributed by atoms with Crippen molar-refractivity contribution in [3.8, 4) is 0 Å². The van der Waals surface area contributed by atoms with Crippen LogP contribution in [-0.2, 0) is 19.6 Å². The number of hydrogen-bond acceptors (Lipinski definition) is 6. The zero-order valence-corrected chi connectivity index (χ0v) is 16.7. The minimum Gasteiger partial charge on any atom is -0.458 e. The van der Waals surface area contributed by atoms with E-state index >= 15 is 0 Å². The van der Waals surface area contributed by atoms with Crippen LogP contribution in [0, 0.1) is 24.0 Å². The Labute approximate surface area is 163 Å². The minimum atomic E-state index is -3.73. The normalized spacial score (nSPS) is 12.4. The van der Waals surface area contributed by atoms with Gasteiger partial charge in [-0.2, -0.15) is 0 Å². The Morgan fingerprint density at radius 3 is 2.57 bits per heavy atom. The van der Waals surface area contributed by atoms with E-state index in [4.69, 9.17) is 4.74 Å². The van der Waals surface area contributed by atoms with Crippen molar-refractivity contribution in [1.29, 1.82) is 0 Å². The molecule has 1 N–H and O–H groups in total. The molecule has 0 aliphatic carbocycles. The van der Waals surface area contributed by atoms with Crippen LogP contribution in [0.3, 0.4) is 0 Å². The standard InChI is InChI=1S/C19H22N2O6S/c1-13-7-8-18(14(2)11-13)28(25,26)20-10-9-19(22)27-15(3)16-5-4-6-17(12-16)21(23)24/h4-8,11-12,15,20H,9-10H2,1-3H3/t15-/m1/s1. The Bertz CT molecular complexity index is 988. The fraction of sp³-hybridized carbons (Fsp3) is 0.316. The van der Waals surface area contributed by atoms with Gasteiger partial charge >= 0.3 is 5.97 Å². The number of rotatable bonds is 8. The van der Waals surface area contributed by atoms with E-state index in [1.165, 1.54) is 24.3 Å². The van der Waals surface area contributed by atoms with Crippen LogP contribution in [0.1, 0.15) is 36.1 Å². The molecule has 0 fully saturated rings. The first-order valence-corrected chi connectivity index (χ1v) is 10.1. The molecule has 0 aromatic heterocycles. The second-order valence-electron chi connectivity index (χ2n) is 6.40. The summed E-state index contributed by atoms with van der Waals surface area (Å²) in [5, 5.41) is 10.8. The van der Waals surface area contributed by atoms with Gasteiger partial charge in [-0.25, -0.2) is 13.1 Å². The van der Waals surface area contributed by atoms with E-state index in [1.54, 1.807) is 32.0 Å². The van der Waals surface area contributed by atoms with Crippen LogP contribution in [-0.4, -0.2) is 25.9 Å². The predicted octanol–water partition coefficient (Wildman–Crippen LogP) is 3.18. The fourth-order valence-corrected chi connectivity index (χ4v) is 3.94. The Balaban J connectivity index is 1.91. The molecular weight excluding hydrogens is 384 g/mol. The van der Waals surface area contributed by atoms with Crippen molar-refractivity contribution < 1.29 is 22.9 Å². The van der Waals surface area contributed by atoms with E-state index in [1.807, 2.05) is 6.92 Å². The molecule has 0 aliphatic heterocycles. The molecule has 28 heavy (non-hydrogen) atoms. The maximum Gasteiger partial charge on any atom is 0.307 e. The maximum absolute atomic E-state index is 12.4. The first-order chi connectivity index (χ1) is 13.1. The van der Waals surface area contributed by atoms with E-state index < -0.39 is 27.0 Å². The van der Waals surface area contributed by atoms with Crippen molar-refractivity contribution in [2.24, 2.45) is 0 Å². The SMILES string of the molecule is Cc1ccc(S(=O)(=O)NCCC(=O)O[C@H](C)c2cccc([N+](=O)[O-])c2)c(C)c1. The first kappa shape index (κ1) is 21.5. The number of sulfonamides is 1. The van der Waals surface area contributed by atoms with Gasteiger partial charge in [0.05, 0.1) is 16.2 Å². The molecule has 150 valence electrons. The van der Waals surface area contributed by atoms with Gasteiger partial charge in [0, 0.05) is 18.7 Å². The van der Waals surface area contributed by atoms with Gasteiger partial charge in [-0.1, -0.05) is 29.8 Å². The number of carbonyl (C=O) groups is 1. The van der Waals surface area contributed by atoms with Crippen molar-refractivity contribution in [3.05, 3.63) is 69.3 Å². The van der Waals surface area contributed by atoms with Crippen LogP contribution in [0.2, 0.25) is 0 Å². The molecule has 0 saturated heterocycles. The van der Waals surface area contributed by atoms with Crippen molar-refractivity contribution in [2.45, 2.75) is 38.2 Å². The highest BCUT2D eigenvalue weighted by Crippen LogP contribution is 2.22. The predicted molar refractivity (Wildman–Crippen MR) is 103 cm³/mol. The number of esters is 1. The molecule has 1 atom stereocenters. The summed E-state index contributed by atoms with van der Waals surface area (Å²) in [5.74, 6) is -0.609. The molecule has 0 radical (unpaired) electrons. The molecule has 0 unspecified atom stereocenters. The quantitative estimate of drug-likeness (QED) is 0.409. The number of carbonyl (C=O) groups excluding carboxylic acids is 1. The number of nitrogens with zero attached hydrogens (tertiary/aromatic N) is 1. The van der Waals surface area contributed by atoms with Gasteiger partial charge in [0.25, 0.3) is 5.69 Å². The fourth-order valence-electron chi connectivity index (χ4n) is 2.68. The molecule has 0 heterocycles. The van der Waals surface area contributed by atoms with E-state index in [-0.39, 0.29) is 23.5 Å². The highest BCUT2D eigenvalue weighted by Gasteiger charge is 2.18. The minimum absolute atomic E-state index is 0.0957. The number of benzene rings is 2. The van der Waals surface area contributed by atoms with E-state index in [9.17, 15) is 23.3 Å². The number of nitro groups is 1. The molecule has 2 aromatic carbocycles. The molecule has 0 spiro atoms. The van der Waals surface area contributed by atoms with Gasteiger partial charge in [0.2, 0.25) is 10.0 Å². The van der Waals surface area contributed by atoms with Crippen LogP contribution in [0.4, 0.5) is 5.69 Å². The maximum atomic E-state index is 12.4. The van der Waals surface area contributed by atoms with Gasteiger partial charge in [0.15, 0.2) is 0 Å². The number of non-ortho nitro benzene ring substituents is 1. The van der Waals surface area contributed by atoms with Gasteiger partial charge < -0.3 is 4.74 Å². The van der Waals surface area contributed by atoms with Gasteiger partial charge in [-0.3, -0.25) is 14.9 Å². The van der Waals surface area contributed by atoms with E-state index in [2.05, 4.69) is 4.72 Å². The van der Waals surface area contributed by atoms with Crippen LogP contribution >= 0.6 is 0 Å². The molecule has 9 heteroatoms. The third-order valence-corrected chi connectivity index (χ3v) is 5.72. The Morgan fingerprint density at radius 2 is 1.93 bits per heavy atom. The largest absolute Gasteiger partial charge is 0.458 e. The molecule has 8 nitrogen and oxygen atoms in total. The molecular formula is C19H22N2O6S. The lowest BCUT2D eigenvalue weighted by atomic mass is 10.1. The number of aryl methyl sites for hydroxylation is 2. The lowest BCUT2D eigenvalue weighted by Gasteiger charge is -2.14. The molecule has 0 aliphatic rings. The summed E-state index contributed by atoms with van der Waals surface area (Å²) in [6.07, 6.45) is -0.855. The van der Waals surface area contributed by atoms with Crippen molar-refractivity contribution >= 4 is 21.7 Å². The third kappa shape index (κ3) is 5.61. The highest BCUT2D eigenvalue weighted by atomic mass is 32.2. The average Bonchev–Trinajstić information content (AvgIpc) is 2.61. The third-order valence-electron chi connectivity index (χ3n) is 4.10. The van der Waals surface area contributed by atoms with Crippen LogP contribution in [0.5, 0.6) is 0 Å². The number of ether oxygens (including phenoxy) is 1. The smallest absolute Gasteiger partial charge is 0.307 e. The Kier molecular flexibility index (Phi) is 6.87. The summed E-state index contributed by atoms with van der Waals surface area (Å²) < 4.78 is 32.3. The number of nitrogens with one attached hydrogen (secondary N) is 1. The van der Waals surface area contributed by atoms with E-state index in [0.717, 1.165) is 5.56 Å². The monoisotopic (exact) mass is 406 g/mol. The number of nitro benzene ring substituents is 1. The topological polar surface area (TPSA) is 116 Å². The second-order valence-corrected chi connectivity index (χ2v) is 8.14. The summed E-state index contributed by atoms with van der Waals surface area (Å²) in [5.41, 5.74) is 1.96. The summed E-state index contributed by atoms with van der Waals surface area (Å²) in [7, 11) is -3.73. The zero-order chi connectivity index (χ0) is 20.9. The lowest BCUT2D eigenvalue weighted by molar-refractivity contribution is -0.385. The van der Waals surface area contributed by atoms with Crippen LogP contribution < -0.4 is 4.72 Å². The van der Waals surface area contributed by atoms with Crippen molar-refractivity contribution in [3.63, 3.8) is 0 Å². The number of hydrogen-bond donors (Lipinski definition) is 1. The highest BCUT2D eigenvalue weighted by molar-refractivity contribution is 7.89.